The maximum absolute atomic E-state index is 12.1. The van der Waals surface area contributed by atoms with Gasteiger partial charge in [-0.25, -0.2) is 9.78 Å². The summed E-state index contributed by atoms with van der Waals surface area (Å²) in [5.41, 5.74) is 2.86. The minimum absolute atomic E-state index is 0.318. The molecule has 2 aromatic heterocycles. The van der Waals surface area contributed by atoms with E-state index in [1.165, 1.54) is 0 Å². The Morgan fingerprint density at radius 2 is 1.76 bits per heavy atom. The van der Waals surface area contributed by atoms with E-state index in [0.29, 0.717) is 33.8 Å². The summed E-state index contributed by atoms with van der Waals surface area (Å²) >= 11 is 6.54. The fraction of sp³-hybridized carbons (Fsp3) is 0.579. The minimum atomic E-state index is -1.92. The number of carbonyl (C=O) groups is 1. The molecule has 0 aliphatic carbocycles. The molecule has 0 aliphatic rings. The van der Waals surface area contributed by atoms with E-state index in [9.17, 15) is 4.79 Å². The molecule has 6 heteroatoms. The highest BCUT2D eigenvalue weighted by Crippen LogP contribution is 2.44. The Bertz CT molecular complexity index is 746. The van der Waals surface area contributed by atoms with E-state index in [4.69, 9.17) is 16.3 Å². The van der Waals surface area contributed by atoms with Crippen molar-refractivity contribution in [1.82, 2.24) is 9.22 Å². The maximum atomic E-state index is 12.1. The zero-order valence-electron chi connectivity index (χ0n) is 16.3. The first-order chi connectivity index (χ1) is 11.7. The zero-order chi connectivity index (χ0) is 18.9. The van der Waals surface area contributed by atoms with Crippen molar-refractivity contribution in [2.45, 2.75) is 65.1 Å². The Labute approximate surface area is 156 Å². The van der Waals surface area contributed by atoms with Gasteiger partial charge in [-0.3, -0.25) is 0 Å². The highest BCUT2D eigenvalue weighted by molar-refractivity contribution is 6.82. The number of aromatic nitrogens is 2. The molecule has 0 N–H and O–H groups in total. The van der Waals surface area contributed by atoms with Gasteiger partial charge in [0.1, 0.15) is 5.65 Å². The molecule has 138 valence electrons. The molecule has 0 saturated heterocycles. The van der Waals surface area contributed by atoms with Crippen LogP contribution in [-0.4, -0.2) is 30.0 Å². The fourth-order valence-electron chi connectivity index (χ4n) is 4.55. The predicted octanol–water partition coefficient (Wildman–Crippen LogP) is 5.89. The number of hydrogen-bond acceptors (Lipinski definition) is 3. The molecule has 0 spiro atoms. The zero-order valence-corrected chi connectivity index (χ0v) is 18.0. The van der Waals surface area contributed by atoms with E-state index in [-0.39, 0.29) is 0 Å². The number of esters is 1. The molecule has 0 unspecified atom stereocenters. The van der Waals surface area contributed by atoms with Crippen LogP contribution in [0.1, 0.15) is 58.8 Å². The summed E-state index contributed by atoms with van der Waals surface area (Å²) in [6, 6.07) is 1.99. The van der Waals surface area contributed by atoms with Crippen molar-refractivity contribution >= 4 is 36.8 Å². The second kappa shape index (κ2) is 7.50. The summed E-state index contributed by atoms with van der Waals surface area (Å²) < 4.78 is 7.48. The smallest absolute Gasteiger partial charge is 0.341 e. The van der Waals surface area contributed by atoms with E-state index >= 15 is 0 Å². The fourth-order valence-corrected chi connectivity index (χ4v) is 11.4. The van der Waals surface area contributed by atoms with E-state index in [1.807, 2.05) is 6.07 Å². The average molecular weight is 381 g/mol. The normalized spacial score (nSPS) is 12.6. The van der Waals surface area contributed by atoms with Crippen molar-refractivity contribution in [3.8, 4) is 0 Å². The van der Waals surface area contributed by atoms with Crippen LogP contribution in [0.15, 0.2) is 18.5 Å². The molecule has 0 amide bonds. The molecule has 0 fully saturated rings. The number of nitrogens with zero attached hydrogens (tertiary/aromatic N) is 2. The molecule has 0 aromatic carbocycles. The van der Waals surface area contributed by atoms with Gasteiger partial charge in [0.05, 0.1) is 17.2 Å². The third-order valence-corrected chi connectivity index (χ3v) is 12.5. The van der Waals surface area contributed by atoms with Crippen molar-refractivity contribution in [2.75, 3.05) is 6.61 Å². The SMILES string of the molecule is CCOC(=O)c1cnc2c(ccn2[Si](C(C)C)(C(C)C)C(C)C)c1Cl. The van der Waals surface area contributed by atoms with Crippen LogP contribution in [0, 0.1) is 0 Å². The number of pyridine rings is 1. The lowest BCUT2D eigenvalue weighted by Gasteiger charge is -2.44. The highest BCUT2D eigenvalue weighted by Gasteiger charge is 2.46. The largest absolute Gasteiger partial charge is 0.462 e. The second-order valence-corrected chi connectivity index (χ2v) is 13.6. The standard InChI is InChI=1S/C19H29ClN2O2Si/c1-8-24-19(23)16-11-21-18-15(17(16)20)9-10-22(18)25(12(2)3,13(4)5)14(6)7/h9-14H,8H2,1-7H3. The molecule has 2 heterocycles. The van der Waals surface area contributed by atoms with Gasteiger partial charge in [0, 0.05) is 11.6 Å². The van der Waals surface area contributed by atoms with Crippen molar-refractivity contribution in [2.24, 2.45) is 0 Å². The van der Waals surface area contributed by atoms with Crippen LogP contribution in [0.25, 0.3) is 11.0 Å². The Morgan fingerprint density at radius 3 is 2.24 bits per heavy atom. The summed E-state index contributed by atoms with van der Waals surface area (Å²) in [6.45, 7) is 16.0. The minimum Gasteiger partial charge on any atom is -0.462 e. The molecule has 0 atom stereocenters. The Kier molecular flexibility index (Phi) is 6.00. The number of carbonyl (C=O) groups excluding carboxylic acids is 1. The second-order valence-electron chi connectivity index (χ2n) is 7.48. The van der Waals surface area contributed by atoms with Crippen molar-refractivity contribution < 1.29 is 9.53 Å². The Hall–Kier alpha value is -1.33. The van der Waals surface area contributed by atoms with Gasteiger partial charge in [0.15, 0.2) is 8.24 Å². The van der Waals surface area contributed by atoms with Crippen LogP contribution >= 0.6 is 11.6 Å². The van der Waals surface area contributed by atoms with Gasteiger partial charge in [-0.15, -0.1) is 0 Å². The molecule has 0 radical (unpaired) electrons. The molecule has 0 aliphatic heterocycles. The predicted molar refractivity (Wildman–Crippen MR) is 107 cm³/mol. The van der Waals surface area contributed by atoms with E-state index in [1.54, 1.807) is 13.1 Å². The van der Waals surface area contributed by atoms with Crippen LogP contribution < -0.4 is 0 Å². The quantitative estimate of drug-likeness (QED) is 0.463. The summed E-state index contributed by atoms with van der Waals surface area (Å²) in [6.07, 6.45) is 3.67. The molecular formula is C19H29ClN2O2Si. The van der Waals surface area contributed by atoms with Gasteiger partial charge in [-0.05, 0) is 35.8 Å². The maximum Gasteiger partial charge on any atom is 0.341 e. The highest BCUT2D eigenvalue weighted by atomic mass is 35.5. The summed E-state index contributed by atoms with van der Waals surface area (Å²) in [5.74, 6) is -0.422. The number of ether oxygens (including phenoxy) is 1. The van der Waals surface area contributed by atoms with Crippen LogP contribution in [0.2, 0.25) is 21.6 Å². The molecule has 2 rings (SSSR count). The van der Waals surface area contributed by atoms with Crippen molar-refractivity contribution in [3.05, 3.63) is 29.0 Å². The third kappa shape index (κ3) is 3.12. The first-order valence-electron chi connectivity index (χ1n) is 9.02. The van der Waals surface area contributed by atoms with E-state index < -0.39 is 14.2 Å². The Morgan fingerprint density at radius 1 is 1.20 bits per heavy atom. The number of hydrogen-bond donors (Lipinski definition) is 0. The lowest BCUT2D eigenvalue weighted by atomic mass is 10.2. The van der Waals surface area contributed by atoms with Gasteiger partial charge in [0.2, 0.25) is 0 Å². The molecule has 25 heavy (non-hydrogen) atoms. The molecule has 4 nitrogen and oxygen atoms in total. The monoisotopic (exact) mass is 380 g/mol. The van der Waals surface area contributed by atoms with Gasteiger partial charge in [0.25, 0.3) is 0 Å². The molecule has 2 aromatic rings. The van der Waals surface area contributed by atoms with Crippen LogP contribution in [-0.2, 0) is 4.74 Å². The number of fused-ring (bicyclic) bond motifs is 1. The topological polar surface area (TPSA) is 44.1 Å². The third-order valence-electron chi connectivity index (χ3n) is 5.34. The summed E-state index contributed by atoms with van der Waals surface area (Å²) in [5, 5.41) is 1.26. The lowest BCUT2D eigenvalue weighted by molar-refractivity contribution is 0.0526. The summed E-state index contributed by atoms with van der Waals surface area (Å²) in [7, 11) is -1.92. The first-order valence-corrected chi connectivity index (χ1v) is 11.6. The molecular weight excluding hydrogens is 352 g/mol. The van der Waals surface area contributed by atoms with E-state index in [0.717, 1.165) is 11.0 Å². The van der Waals surface area contributed by atoms with Crippen molar-refractivity contribution in [3.63, 3.8) is 0 Å². The van der Waals surface area contributed by atoms with Gasteiger partial charge in [-0.2, -0.15) is 0 Å². The van der Waals surface area contributed by atoms with Gasteiger partial charge < -0.3 is 8.97 Å². The number of halogens is 1. The van der Waals surface area contributed by atoms with Gasteiger partial charge >= 0.3 is 5.97 Å². The average Bonchev–Trinajstić information content (AvgIpc) is 2.92. The van der Waals surface area contributed by atoms with E-state index in [2.05, 4.69) is 57.0 Å². The molecule has 0 bridgehead atoms. The summed E-state index contributed by atoms with van der Waals surface area (Å²) in [4.78, 5) is 16.7. The van der Waals surface area contributed by atoms with Crippen molar-refractivity contribution in [1.29, 1.82) is 0 Å². The Balaban J connectivity index is 2.72. The first kappa shape index (κ1) is 20.0. The number of rotatable bonds is 6. The van der Waals surface area contributed by atoms with Crippen LogP contribution in [0.5, 0.6) is 0 Å². The lowest BCUT2D eigenvalue weighted by Crippen LogP contribution is -2.51. The van der Waals surface area contributed by atoms with Crippen LogP contribution in [0.3, 0.4) is 0 Å². The van der Waals surface area contributed by atoms with Gasteiger partial charge in [-0.1, -0.05) is 53.1 Å². The van der Waals surface area contributed by atoms with Crippen LogP contribution in [0.4, 0.5) is 0 Å². The molecule has 0 saturated carbocycles.